The SMILES string of the molecule is COC(=O)C(CSCc1ccccc1)NS(=O)(=O)c1ccccc1F. The summed E-state index contributed by atoms with van der Waals surface area (Å²) in [5.74, 6) is -0.832. The number of sulfonamides is 1. The van der Waals surface area contributed by atoms with E-state index in [9.17, 15) is 17.6 Å². The van der Waals surface area contributed by atoms with E-state index in [0.717, 1.165) is 17.7 Å². The van der Waals surface area contributed by atoms with Crippen molar-refractivity contribution in [3.8, 4) is 0 Å². The highest BCUT2D eigenvalue weighted by Crippen LogP contribution is 2.17. The van der Waals surface area contributed by atoms with Gasteiger partial charge >= 0.3 is 5.97 Å². The van der Waals surface area contributed by atoms with Crippen LogP contribution < -0.4 is 4.72 Å². The van der Waals surface area contributed by atoms with Gasteiger partial charge in [-0.25, -0.2) is 12.8 Å². The number of ether oxygens (including phenoxy) is 1. The molecule has 2 aromatic carbocycles. The Balaban J connectivity index is 2.07. The number of benzene rings is 2. The van der Waals surface area contributed by atoms with E-state index in [1.54, 1.807) is 0 Å². The molecule has 0 saturated heterocycles. The lowest BCUT2D eigenvalue weighted by molar-refractivity contribution is -0.141. The lowest BCUT2D eigenvalue weighted by atomic mass is 10.2. The summed E-state index contributed by atoms with van der Waals surface area (Å²) in [6, 6.07) is 13.4. The predicted octanol–water partition coefficient (Wildman–Crippen LogP) is 2.58. The van der Waals surface area contributed by atoms with Crippen LogP contribution in [0.4, 0.5) is 4.39 Å². The van der Waals surface area contributed by atoms with Crippen LogP contribution in [0.2, 0.25) is 0 Å². The molecule has 134 valence electrons. The molecule has 25 heavy (non-hydrogen) atoms. The van der Waals surface area contributed by atoms with Crippen LogP contribution in [-0.4, -0.2) is 33.3 Å². The Morgan fingerprint density at radius 1 is 1.16 bits per heavy atom. The van der Waals surface area contributed by atoms with Crippen LogP contribution in [0.5, 0.6) is 0 Å². The average molecular weight is 383 g/mol. The quantitative estimate of drug-likeness (QED) is 0.710. The molecule has 0 spiro atoms. The van der Waals surface area contributed by atoms with E-state index in [4.69, 9.17) is 0 Å². The number of hydrogen-bond acceptors (Lipinski definition) is 5. The number of halogens is 1. The third-order valence-corrected chi connectivity index (χ3v) is 5.92. The van der Waals surface area contributed by atoms with Crippen molar-refractivity contribution in [2.24, 2.45) is 0 Å². The molecule has 2 aromatic rings. The largest absolute Gasteiger partial charge is 0.468 e. The summed E-state index contributed by atoms with van der Waals surface area (Å²) in [5, 5.41) is 0. The molecule has 0 saturated carbocycles. The van der Waals surface area contributed by atoms with Crippen LogP contribution in [0.25, 0.3) is 0 Å². The summed E-state index contributed by atoms with van der Waals surface area (Å²) < 4.78 is 45.3. The molecule has 0 bridgehead atoms. The van der Waals surface area contributed by atoms with Crippen molar-refractivity contribution < 1.29 is 22.3 Å². The number of rotatable bonds is 8. The van der Waals surface area contributed by atoms with Gasteiger partial charge < -0.3 is 4.74 Å². The van der Waals surface area contributed by atoms with Gasteiger partial charge in [-0.1, -0.05) is 42.5 Å². The molecule has 0 aliphatic rings. The Bertz CT molecular complexity index is 812. The molecule has 0 aliphatic heterocycles. The van der Waals surface area contributed by atoms with E-state index in [2.05, 4.69) is 9.46 Å². The van der Waals surface area contributed by atoms with Crippen molar-refractivity contribution >= 4 is 27.8 Å². The first-order chi connectivity index (χ1) is 11.9. The number of carbonyl (C=O) groups excluding carboxylic acids is 1. The highest BCUT2D eigenvalue weighted by molar-refractivity contribution is 7.98. The zero-order valence-electron chi connectivity index (χ0n) is 13.5. The van der Waals surface area contributed by atoms with E-state index in [-0.39, 0.29) is 5.75 Å². The topological polar surface area (TPSA) is 72.5 Å². The Hall–Kier alpha value is -1.90. The van der Waals surface area contributed by atoms with Crippen molar-refractivity contribution in [1.82, 2.24) is 4.72 Å². The lowest BCUT2D eigenvalue weighted by Crippen LogP contribution is -2.43. The number of esters is 1. The number of nitrogens with one attached hydrogen (secondary N) is 1. The summed E-state index contributed by atoms with van der Waals surface area (Å²) >= 11 is 1.38. The maximum Gasteiger partial charge on any atom is 0.324 e. The third kappa shape index (κ3) is 5.55. The molecule has 2 rings (SSSR count). The fourth-order valence-corrected chi connectivity index (χ4v) is 4.44. The van der Waals surface area contributed by atoms with E-state index < -0.39 is 32.7 Å². The Morgan fingerprint density at radius 3 is 2.44 bits per heavy atom. The molecule has 0 heterocycles. The van der Waals surface area contributed by atoms with Crippen LogP contribution in [-0.2, 0) is 25.3 Å². The van der Waals surface area contributed by atoms with Gasteiger partial charge in [0.15, 0.2) is 0 Å². The van der Waals surface area contributed by atoms with Crippen molar-refractivity contribution in [2.75, 3.05) is 12.9 Å². The summed E-state index contributed by atoms with van der Waals surface area (Å²) in [6.07, 6.45) is 0. The average Bonchev–Trinajstić information content (AvgIpc) is 2.61. The molecular weight excluding hydrogens is 365 g/mol. The van der Waals surface area contributed by atoms with Gasteiger partial charge in [0.1, 0.15) is 16.8 Å². The standard InChI is InChI=1S/C17H18FNO4S2/c1-23-17(20)15(12-24-11-13-7-3-2-4-8-13)19-25(21,22)16-10-6-5-9-14(16)18/h2-10,15,19H,11-12H2,1H3. The fourth-order valence-electron chi connectivity index (χ4n) is 2.07. The molecule has 1 N–H and O–H groups in total. The maximum absolute atomic E-state index is 13.8. The van der Waals surface area contributed by atoms with Gasteiger partial charge in [0, 0.05) is 11.5 Å². The van der Waals surface area contributed by atoms with Gasteiger partial charge in [0.25, 0.3) is 0 Å². The Labute approximate surface area is 150 Å². The first-order valence-electron chi connectivity index (χ1n) is 7.40. The van der Waals surface area contributed by atoms with Crippen molar-refractivity contribution in [2.45, 2.75) is 16.7 Å². The lowest BCUT2D eigenvalue weighted by Gasteiger charge is -2.16. The van der Waals surface area contributed by atoms with Gasteiger partial charge in [-0.15, -0.1) is 0 Å². The van der Waals surface area contributed by atoms with E-state index in [1.807, 2.05) is 30.3 Å². The van der Waals surface area contributed by atoms with E-state index in [1.165, 1.54) is 31.0 Å². The minimum absolute atomic E-state index is 0.162. The third-order valence-electron chi connectivity index (χ3n) is 3.31. The molecule has 0 radical (unpaired) electrons. The second-order valence-electron chi connectivity index (χ2n) is 5.13. The summed E-state index contributed by atoms with van der Waals surface area (Å²) in [6.45, 7) is 0. The first kappa shape index (κ1) is 19.4. The molecule has 1 unspecified atom stereocenters. The zero-order chi connectivity index (χ0) is 18.3. The number of carbonyl (C=O) groups is 1. The monoisotopic (exact) mass is 383 g/mol. The molecule has 0 aromatic heterocycles. The molecular formula is C17H18FNO4S2. The second-order valence-corrected chi connectivity index (χ2v) is 7.84. The molecule has 0 aliphatic carbocycles. The summed E-state index contributed by atoms with van der Waals surface area (Å²) in [4.78, 5) is 11.4. The van der Waals surface area contributed by atoms with E-state index in [0.29, 0.717) is 5.75 Å². The van der Waals surface area contributed by atoms with Crippen LogP contribution in [0.3, 0.4) is 0 Å². The van der Waals surface area contributed by atoms with Gasteiger partial charge in [-0.3, -0.25) is 4.79 Å². The zero-order valence-corrected chi connectivity index (χ0v) is 15.1. The molecule has 8 heteroatoms. The number of thioether (sulfide) groups is 1. The summed E-state index contributed by atoms with van der Waals surface area (Å²) in [5.41, 5.74) is 1.05. The second kappa shape index (κ2) is 8.98. The molecule has 0 fully saturated rings. The van der Waals surface area contributed by atoms with Crippen LogP contribution in [0.15, 0.2) is 59.5 Å². The van der Waals surface area contributed by atoms with Crippen molar-refractivity contribution in [3.05, 3.63) is 66.0 Å². The van der Waals surface area contributed by atoms with Crippen LogP contribution in [0, 0.1) is 5.82 Å². The summed E-state index contributed by atoms with van der Waals surface area (Å²) in [7, 11) is -3.00. The Morgan fingerprint density at radius 2 is 1.80 bits per heavy atom. The number of hydrogen-bond donors (Lipinski definition) is 1. The highest BCUT2D eigenvalue weighted by Gasteiger charge is 2.28. The van der Waals surface area contributed by atoms with Crippen molar-refractivity contribution in [1.29, 1.82) is 0 Å². The molecule has 1 atom stereocenters. The highest BCUT2D eigenvalue weighted by atomic mass is 32.2. The normalized spacial score (nSPS) is 12.6. The number of methoxy groups -OCH3 is 1. The van der Waals surface area contributed by atoms with E-state index >= 15 is 0 Å². The van der Waals surface area contributed by atoms with Gasteiger partial charge in [-0.05, 0) is 17.7 Å². The van der Waals surface area contributed by atoms with Gasteiger partial charge in [0.2, 0.25) is 10.0 Å². The molecule has 5 nitrogen and oxygen atoms in total. The minimum Gasteiger partial charge on any atom is -0.468 e. The maximum atomic E-state index is 13.8. The van der Waals surface area contributed by atoms with Crippen LogP contribution in [0.1, 0.15) is 5.56 Å². The smallest absolute Gasteiger partial charge is 0.324 e. The predicted molar refractivity (Wildman–Crippen MR) is 95.1 cm³/mol. The fraction of sp³-hybridized carbons (Fsp3) is 0.235. The van der Waals surface area contributed by atoms with Gasteiger partial charge in [-0.2, -0.15) is 16.5 Å². The van der Waals surface area contributed by atoms with Gasteiger partial charge in [0.05, 0.1) is 7.11 Å². The van der Waals surface area contributed by atoms with Crippen molar-refractivity contribution in [3.63, 3.8) is 0 Å². The molecule has 0 amide bonds. The minimum atomic E-state index is -4.18. The van der Waals surface area contributed by atoms with Crippen LogP contribution >= 0.6 is 11.8 Å². The Kier molecular flexibility index (Phi) is 6.98. The first-order valence-corrected chi connectivity index (χ1v) is 10.0.